The zero-order valence-corrected chi connectivity index (χ0v) is 17.0. The molecule has 6 nitrogen and oxygen atoms in total. The maximum absolute atomic E-state index is 13.3. The lowest BCUT2D eigenvalue weighted by atomic mass is 10.1. The summed E-state index contributed by atoms with van der Waals surface area (Å²) in [7, 11) is -3.79. The lowest BCUT2D eigenvalue weighted by molar-refractivity contribution is 0.102. The van der Waals surface area contributed by atoms with Gasteiger partial charge in [0.2, 0.25) is 0 Å². The zero-order chi connectivity index (χ0) is 19.9. The van der Waals surface area contributed by atoms with Crippen molar-refractivity contribution in [2.24, 2.45) is 0 Å². The molecule has 8 heteroatoms. The van der Waals surface area contributed by atoms with Crippen molar-refractivity contribution in [2.45, 2.75) is 31.2 Å². The molecule has 28 heavy (non-hydrogen) atoms. The third-order valence-corrected chi connectivity index (χ3v) is 7.44. The number of aromatic nitrogens is 1. The zero-order valence-electron chi connectivity index (χ0n) is 15.4. The Balaban J connectivity index is 1.66. The number of para-hydroxylation sites is 1. The van der Waals surface area contributed by atoms with E-state index < -0.39 is 10.0 Å². The van der Waals surface area contributed by atoms with Gasteiger partial charge in [0, 0.05) is 17.0 Å². The van der Waals surface area contributed by atoms with Crippen molar-refractivity contribution in [1.29, 1.82) is 0 Å². The molecule has 2 aromatic carbocycles. The van der Waals surface area contributed by atoms with E-state index in [1.165, 1.54) is 27.8 Å². The second-order valence-electron chi connectivity index (χ2n) is 6.76. The number of benzene rings is 2. The minimum atomic E-state index is -3.79. The Morgan fingerprint density at radius 1 is 1.21 bits per heavy atom. The molecular weight excluding hydrogens is 394 g/mol. The number of fused-ring (bicyclic) bond motifs is 1. The number of carbonyl (C=O) groups is 1. The summed E-state index contributed by atoms with van der Waals surface area (Å²) < 4.78 is 28.1. The molecule has 1 N–H and O–H groups in total. The second-order valence-corrected chi connectivity index (χ2v) is 9.43. The second kappa shape index (κ2) is 7.03. The topological polar surface area (TPSA) is 79.4 Å². The highest BCUT2D eigenvalue weighted by Gasteiger charge is 2.36. The molecule has 0 saturated carbocycles. The van der Waals surface area contributed by atoms with Crippen LogP contribution in [0.25, 0.3) is 0 Å². The van der Waals surface area contributed by atoms with Crippen LogP contribution in [-0.2, 0) is 16.4 Å². The first-order chi connectivity index (χ1) is 13.4. The van der Waals surface area contributed by atoms with Gasteiger partial charge >= 0.3 is 0 Å². The van der Waals surface area contributed by atoms with Crippen LogP contribution in [0.1, 0.15) is 28.5 Å². The predicted molar refractivity (Wildman–Crippen MR) is 111 cm³/mol. The minimum Gasteiger partial charge on any atom is -0.298 e. The van der Waals surface area contributed by atoms with Crippen LogP contribution in [0.5, 0.6) is 0 Å². The van der Waals surface area contributed by atoms with Crippen LogP contribution < -0.4 is 9.62 Å². The first-order valence-electron chi connectivity index (χ1n) is 8.82. The maximum Gasteiger partial charge on any atom is 0.264 e. The fourth-order valence-electron chi connectivity index (χ4n) is 3.40. The third kappa shape index (κ3) is 3.29. The summed E-state index contributed by atoms with van der Waals surface area (Å²) in [6, 6.07) is 13.4. The van der Waals surface area contributed by atoms with Gasteiger partial charge in [0.25, 0.3) is 15.9 Å². The van der Waals surface area contributed by atoms with Gasteiger partial charge in [0.15, 0.2) is 5.13 Å². The molecular formula is C20H19N3O3S2. The normalized spacial score (nSPS) is 16.1. The number of nitrogens with zero attached hydrogens (tertiary/aromatic N) is 2. The molecule has 2 heterocycles. The van der Waals surface area contributed by atoms with Crippen molar-refractivity contribution in [3.8, 4) is 0 Å². The molecule has 1 aliphatic rings. The molecule has 0 radical (unpaired) electrons. The third-order valence-electron chi connectivity index (χ3n) is 4.64. The number of aryl methyl sites for hydroxylation is 1. The molecule has 1 aromatic heterocycles. The molecule has 0 spiro atoms. The van der Waals surface area contributed by atoms with Gasteiger partial charge < -0.3 is 0 Å². The number of hydrogen-bond acceptors (Lipinski definition) is 5. The van der Waals surface area contributed by atoms with E-state index in [9.17, 15) is 13.2 Å². The number of anilines is 2. The Labute approximate surface area is 167 Å². The van der Waals surface area contributed by atoms with E-state index in [2.05, 4.69) is 10.3 Å². The van der Waals surface area contributed by atoms with E-state index in [4.69, 9.17) is 0 Å². The van der Waals surface area contributed by atoms with Crippen molar-refractivity contribution in [2.75, 3.05) is 9.62 Å². The van der Waals surface area contributed by atoms with E-state index in [1.54, 1.807) is 12.1 Å². The highest BCUT2D eigenvalue weighted by Crippen LogP contribution is 2.36. The van der Waals surface area contributed by atoms with Gasteiger partial charge in [0.05, 0.1) is 16.3 Å². The number of sulfonamides is 1. The summed E-state index contributed by atoms with van der Waals surface area (Å²) >= 11 is 1.33. The molecule has 0 unspecified atom stereocenters. The number of nitrogens with one attached hydrogen (secondary N) is 1. The first kappa shape index (κ1) is 18.6. The highest BCUT2D eigenvalue weighted by molar-refractivity contribution is 7.92. The number of rotatable bonds is 4. The average molecular weight is 414 g/mol. The highest BCUT2D eigenvalue weighted by atomic mass is 32.2. The van der Waals surface area contributed by atoms with Gasteiger partial charge in [-0.2, -0.15) is 0 Å². The SMILES string of the molecule is Cc1csc(NC(=O)c2cccc(S(=O)(=O)N3c4ccccc4C[C@@H]3C)c2)n1. The van der Waals surface area contributed by atoms with E-state index in [0.717, 1.165) is 11.3 Å². The number of hydrogen-bond donors (Lipinski definition) is 1. The van der Waals surface area contributed by atoms with Gasteiger partial charge in [-0.05, 0) is 50.1 Å². The fourth-order valence-corrected chi connectivity index (χ4v) is 5.82. The lowest BCUT2D eigenvalue weighted by Gasteiger charge is -2.24. The number of amides is 1. The molecule has 0 aliphatic carbocycles. The van der Waals surface area contributed by atoms with Crippen molar-refractivity contribution in [1.82, 2.24) is 4.98 Å². The molecule has 0 fully saturated rings. The van der Waals surface area contributed by atoms with Gasteiger partial charge in [0.1, 0.15) is 0 Å². The number of carbonyl (C=O) groups excluding carboxylic acids is 1. The van der Waals surface area contributed by atoms with E-state index in [-0.39, 0.29) is 22.4 Å². The van der Waals surface area contributed by atoms with Crippen LogP contribution in [0.2, 0.25) is 0 Å². The van der Waals surface area contributed by atoms with Gasteiger partial charge in [-0.1, -0.05) is 24.3 Å². The maximum atomic E-state index is 13.3. The minimum absolute atomic E-state index is 0.0963. The molecule has 1 amide bonds. The molecule has 3 aromatic rings. The fraction of sp³-hybridized carbons (Fsp3) is 0.200. The van der Waals surface area contributed by atoms with Gasteiger partial charge in [-0.25, -0.2) is 13.4 Å². The Hall–Kier alpha value is -2.71. The summed E-state index contributed by atoms with van der Waals surface area (Å²) in [5.41, 5.74) is 2.79. The van der Waals surface area contributed by atoms with E-state index in [0.29, 0.717) is 17.2 Å². The van der Waals surface area contributed by atoms with Crippen molar-refractivity contribution >= 4 is 38.1 Å². The summed E-state index contributed by atoms with van der Waals surface area (Å²) in [4.78, 5) is 16.8. The summed E-state index contributed by atoms with van der Waals surface area (Å²) in [6.07, 6.45) is 0.666. The van der Waals surface area contributed by atoms with Crippen LogP contribution in [-0.4, -0.2) is 25.4 Å². The van der Waals surface area contributed by atoms with Crippen molar-refractivity contribution < 1.29 is 13.2 Å². The van der Waals surface area contributed by atoms with Crippen LogP contribution in [0.4, 0.5) is 10.8 Å². The summed E-state index contributed by atoms with van der Waals surface area (Å²) in [5.74, 6) is -0.388. The van der Waals surface area contributed by atoms with Gasteiger partial charge in [-0.15, -0.1) is 11.3 Å². The molecule has 1 atom stereocenters. The van der Waals surface area contributed by atoms with Crippen LogP contribution in [0.15, 0.2) is 58.8 Å². The largest absolute Gasteiger partial charge is 0.298 e. The molecule has 0 bridgehead atoms. The lowest BCUT2D eigenvalue weighted by Crippen LogP contribution is -2.35. The molecule has 4 rings (SSSR count). The predicted octanol–water partition coefficient (Wildman–Crippen LogP) is 3.84. The Morgan fingerprint density at radius 2 is 2.00 bits per heavy atom. The number of thiazole rings is 1. The molecule has 1 aliphatic heterocycles. The summed E-state index contributed by atoms with van der Waals surface area (Å²) in [5, 5.41) is 5.03. The summed E-state index contributed by atoms with van der Waals surface area (Å²) in [6.45, 7) is 3.73. The average Bonchev–Trinajstić information content (AvgIpc) is 3.23. The van der Waals surface area contributed by atoms with Crippen molar-refractivity contribution in [3.05, 3.63) is 70.7 Å². The smallest absolute Gasteiger partial charge is 0.264 e. The Bertz CT molecular complexity index is 1150. The monoisotopic (exact) mass is 413 g/mol. The Kier molecular flexibility index (Phi) is 4.68. The molecule has 144 valence electrons. The quantitative estimate of drug-likeness (QED) is 0.705. The Morgan fingerprint density at radius 3 is 2.75 bits per heavy atom. The van der Waals surface area contributed by atoms with Crippen molar-refractivity contribution in [3.63, 3.8) is 0 Å². The standard InChI is InChI=1S/C20H19N3O3S2/c1-13-12-27-20(21-13)22-19(24)16-7-5-8-17(11-16)28(25,26)23-14(2)10-15-6-3-4-9-18(15)23/h3-9,11-12,14H,10H2,1-2H3,(H,21,22,24)/t14-/m0/s1. The van der Waals surface area contributed by atoms with Gasteiger partial charge in [-0.3, -0.25) is 14.4 Å². The van der Waals surface area contributed by atoms with E-state index >= 15 is 0 Å². The first-order valence-corrected chi connectivity index (χ1v) is 11.1. The molecule has 0 saturated heterocycles. The van der Waals surface area contributed by atoms with E-state index in [1.807, 2.05) is 43.5 Å². The van der Waals surface area contributed by atoms with Crippen LogP contribution >= 0.6 is 11.3 Å². The van der Waals surface area contributed by atoms with Crippen LogP contribution in [0, 0.1) is 6.92 Å². The van der Waals surface area contributed by atoms with Crippen LogP contribution in [0.3, 0.4) is 0 Å².